The van der Waals surface area contributed by atoms with Gasteiger partial charge in [-0.3, -0.25) is 14.5 Å². The number of carbonyl (C=O) groups excluding carboxylic acids is 2. The Balaban J connectivity index is 1.73. The third-order valence-corrected chi connectivity index (χ3v) is 5.67. The summed E-state index contributed by atoms with van der Waals surface area (Å²) in [6.45, 7) is 2.72. The van der Waals surface area contributed by atoms with Crippen LogP contribution >= 0.6 is 23.4 Å². The van der Waals surface area contributed by atoms with Crippen molar-refractivity contribution in [2.75, 3.05) is 20.3 Å². The number of rotatable bonds is 8. The van der Waals surface area contributed by atoms with Crippen molar-refractivity contribution in [2.45, 2.75) is 19.8 Å². The van der Waals surface area contributed by atoms with Crippen LogP contribution < -0.4 is 9.47 Å². The zero-order chi connectivity index (χ0) is 20.8. The Bertz CT molecular complexity index is 930. The van der Waals surface area contributed by atoms with Crippen LogP contribution in [0, 0.1) is 0 Å². The molecule has 0 bridgehead atoms. The number of imide groups is 1. The number of nitrogens with zero attached hydrogens (tertiary/aromatic N) is 1. The first kappa shape index (κ1) is 21.3. The van der Waals surface area contributed by atoms with Crippen molar-refractivity contribution in [3.8, 4) is 11.5 Å². The molecule has 7 heteroatoms. The predicted molar refractivity (Wildman–Crippen MR) is 117 cm³/mol. The van der Waals surface area contributed by atoms with Crippen LogP contribution in [0.25, 0.3) is 6.08 Å². The highest BCUT2D eigenvalue weighted by Gasteiger charge is 2.34. The molecule has 1 heterocycles. The first-order chi connectivity index (χ1) is 14.0. The van der Waals surface area contributed by atoms with Crippen LogP contribution in [-0.2, 0) is 11.2 Å². The van der Waals surface area contributed by atoms with Crippen LogP contribution in [0.2, 0.25) is 5.02 Å². The minimum atomic E-state index is -0.294. The average molecular weight is 432 g/mol. The van der Waals surface area contributed by atoms with Gasteiger partial charge in [0.15, 0.2) is 11.5 Å². The van der Waals surface area contributed by atoms with Gasteiger partial charge in [0.25, 0.3) is 11.1 Å². The van der Waals surface area contributed by atoms with E-state index in [1.807, 2.05) is 37.3 Å². The smallest absolute Gasteiger partial charge is 0.293 e. The molecule has 0 saturated carbocycles. The third-order valence-electron chi connectivity index (χ3n) is 4.43. The van der Waals surface area contributed by atoms with Gasteiger partial charge in [0, 0.05) is 12.6 Å². The molecule has 1 aliphatic rings. The molecular formula is C22H22ClNO4S. The van der Waals surface area contributed by atoms with E-state index < -0.39 is 0 Å². The van der Waals surface area contributed by atoms with Crippen LogP contribution in [0.15, 0.2) is 47.4 Å². The summed E-state index contributed by atoms with van der Waals surface area (Å²) in [4.78, 5) is 26.7. The second-order valence-corrected chi connectivity index (χ2v) is 7.78. The van der Waals surface area contributed by atoms with E-state index in [9.17, 15) is 9.59 Å². The maximum atomic E-state index is 12.7. The van der Waals surface area contributed by atoms with Crippen molar-refractivity contribution >= 4 is 40.6 Å². The molecule has 1 aliphatic heterocycles. The molecule has 1 saturated heterocycles. The molecule has 2 aromatic carbocycles. The molecule has 0 aromatic heterocycles. The molecular weight excluding hydrogens is 410 g/mol. The average Bonchev–Trinajstić information content (AvgIpc) is 2.98. The number of methoxy groups -OCH3 is 1. The van der Waals surface area contributed by atoms with Gasteiger partial charge in [-0.05, 0) is 54.8 Å². The summed E-state index contributed by atoms with van der Waals surface area (Å²) in [5, 5.41) is 0.158. The number of carbonyl (C=O) groups is 2. The molecule has 0 unspecified atom stereocenters. The van der Waals surface area contributed by atoms with Crippen LogP contribution in [-0.4, -0.2) is 36.3 Å². The highest BCUT2D eigenvalue weighted by atomic mass is 35.5. The fraction of sp³-hybridized carbons (Fsp3) is 0.273. The van der Waals surface area contributed by atoms with Crippen LogP contribution in [0.3, 0.4) is 0 Å². The topological polar surface area (TPSA) is 55.8 Å². The van der Waals surface area contributed by atoms with E-state index in [1.54, 1.807) is 18.2 Å². The zero-order valence-electron chi connectivity index (χ0n) is 16.3. The molecule has 2 amide bonds. The molecule has 0 atom stereocenters. The molecule has 0 N–H and O–H groups in total. The highest BCUT2D eigenvalue weighted by Crippen LogP contribution is 2.38. The van der Waals surface area contributed by atoms with Gasteiger partial charge in [-0.2, -0.15) is 0 Å². The molecule has 3 rings (SSSR count). The molecule has 0 aliphatic carbocycles. The number of aryl methyl sites for hydroxylation is 1. The number of benzene rings is 2. The van der Waals surface area contributed by atoms with Crippen molar-refractivity contribution < 1.29 is 19.1 Å². The molecule has 5 nitrogen and oxygen atoms in total. The first-order valence-electron chi connectivity index (χ1n) is 9.33. The maximum Gasteiger partial charge on any atom is 0.293 e. The molecule has 0 radical (unpaired) electrons. The summed E-state index contributed by atoms with van der Waals surface area (Å²) in [5.74, 6) is 0.758. The summed E-state index contributed by atoms with van der Waals surface area (Å²) in [5.41, 5.74) is 1.79. The van der Waals surface area contributed by atoms with E-state index >= 15 is 0 Å². The third kappa shape index (κ3) is 5.14. The Morgan fingerprint density at radius 3 is 2.59 bits per heavy atom. The number of ether oxygens (including phenoxy) is 2. The van der Waals surface area contributed by atoms with Gasteiger partial charge in [-0.1, -0.05) is 41.9 Å². The van der Waals surface area contributed by atoms with E-state index in [2.05, 4.69) is 0 Å². The number of thioether (sulfide) groups is 1. The van der Waals surface area contributed by atoms with Gasteiger partial charge in [0.05, 0.1) is 23.6 Å². The predicted octanol–water partition coefficient (Wildman–Crippen LogP) is 5.42. The SMILES string of the molecule is CCOc1cc(/C=C2/SC(=O)N(CCCc3ccccc3)C2=O)c(Cl)cc1OC. The fourth-order valence-electron chi connectivity index (χ4n) is 3.01. The van der Waals surface area contributed by atoms with Crippen molar-refractivity contribution in [3.05, 3.63) is 63.5 Å². The molecule has 0 spiro atoms. The minimum absolute atomic E-state index is 0.260. The zero-order valence-corrected chi connectivity index (χ0v) is 17.9. The standard InChI is InChI=1S/C22H22ClNO4S/c1-3-28-19-12-16(17(23)14-18(19)27-2)13-20-21(25)24(22(26)29-20)11-7-10-15-8-5-4-6-9-15/h4-6,8-9,12-14H,3,7,10-11H2,1-2H3/b20-13+. The second-order valence-electron chi connectivity index (χ2n) is 6.38. The largest absolute Gasteiger partial charge is 0.493 e. The lowest BCUT2D eigenvalue weighted by Gasteiger charge is -2.12. The van der Waals surface area contributed by atoms with Crippen molar-refractivity contribution in [2.24, 2.45) is 0 Å². The van der Waals surface area contributed by atoms with Crippen molar-refractivity contribution in [1.29, 1.82) is 0 Å². The van der Waals surface area contributed by atoms with Crippen LogP contribution in [0.5, 0.6) is 11.5 Å². The normalized spacial score (nSPS) is 15.3. The second kappa shape index (κ2) is 9.85. The van der Waals surface area contributed by atoms with Crippen molar-refractivity contribution in [1.82, 2.24) is 4.90 Å². The summed E-state index contributed by atoms with van der Waals surface area (Å²) in [6.07, 6.45) is 3.16. The van der Waals surface area contributed by atoms with Crippen LogP contribution in [0.4, 0.5) is 4.79 Å². The Kier molecular flexibility index (Phi) is 7.23. The van der Waals surface area contributed by atoms with Gasteiger partial charge in [0.2, 0.25) is 0 Å². The summed E-state index contributed by atoms with van der Waals surface area (Å²) >= 11 is 7.26. The van der Waals surface area contributed by atoms with Gasteiger partial charge in [-0.25, -0.2) is 0 Å². The summed E-state index contributed by atoms with van der Waals surface area (Å²) in [7, 11) is 1.54. The van der Waals surface area contributed by atoms with E-state index in [0.29, 0.717) is 46.6 Å². The Hall–Kier alpha value is -2.44. The first-order valence-corrected chi connectivity index (χ1v) is 10.5. The molecule has 29 heavy (non-hydrogen) atoms. The lowest BCUT2D eigenvalue weighted by molar-refractivity contribution is -0.122. The lowest BCUT2D eigenvalue weighted by Crippen LogP contribution is -2.29. The Morgan fingerprint density at radius 1 is 1.14 bits per heavy atom. The quantitative estimate of drug-likeness (QED) is 0.522. The minimum Gasteiger partial charge on any atom is -0.493 e. The van der Waals surface area contributed by atoms with Crippen LogP contribution in [0.1, 0.15) is 24.5 Å². The summed E-state index contributed by atoms with van der Waals surface area (Å²) < 4.78 is 10.8. The van der Waals surface area contributed by atoms with Gasteiger partial charge >= 0.3 is 0 Å². The molecule has 1 fully saturated rings. The van der Waals surface area contributed by atoms with Gasteiger partial charge < -0.3 is 9.47 Å². The van der Waals surface area contributed by atoms with E-state index in [-0.39, 0.29) is 11.1 Å². The number of hydrogen-bond donors (Lipinski definition) is 0. The lowest BCUT2D eigenvalue weighted by atomic mass is 10.1. The van der Waals surface area contributed by atoms with E-state index in [0.717, 1.165) is 18.2 Å². The van der Waals surface area contributed by atoms with E-state index in [4.69, 9.17) is 21.1 Å². The molecule has 2 aromatic rings. The van der Waals surface area contributed by atoms with E-state index in [1.165, 1.54) is 17.6 Å². The van der Waals surface area contributed by atoms with Gasteiger partial charge in [-0.15, -0.1) is 0 Å². The Morgan fingerprint density at radius 2 is 1.90 bits per heavy atom. The van der Waals surface area contributed by atoms with Crippen molar-refractivity contribution in [3.63, 3.8) is 0 Å². The maximum absolute atomic E-state index is 12.7. The highest BCUT2D eigenvalue weighted by molar-refractivity contribution is 8.18. The molecule has 152 valence electrons. The number of halogens is 1. The Labute approximate surface area is 179 Å². The number of hydrogen-bond acceptors (Lipinski definition) is 5. The fourth-order valence-corrected chi connectivity index (χ4v) is 4.07. The monoisotopic (exact) mass is 431 g/mol. The number of amides is 2. The van der Waals surface area contributed by atoms with Gasteiger partial charge in [0.1, 0.15) is 0 Å². The summed E-state index contributed by atoms with van der Waals surface area (Å²) in [6, 6.07) is 13.4.